The zero-order valence-electron chi connectivity index (χ0n) is 10.8. The predicted molar refractivity (Wildman–Crippen MR) is 79.3 cm³/mol. The molecule has 0 saturated heterocycles. The van der Waals surface area contributed by atoms with E-state index in [4.69, 9.17) is 11.6 Å². The van der Waals surface area contributed by atoms with Crippen LogP contribution in [0.2, 0.25) is 5.02 Å². The third-order valence-electron chi connectivity index (χ3n) is 3.09. The average Bonchev–Trinajstić information content (AvgIpc) is 2.39. The van der Waals surface area contributed by atoms with Crippen molar-refractivity contribution in [1.82, 2.24) is 0 Å². The second kappa shape index (κ2) is 5.92. The molecule has 1 N–H and O–H groups in total. The van der Waals surface area contributed by atoms with Crippen LogP contribution in [0, 0.1) is 0 Å². The van der Waals surface area contributed by atoms with Crippen molar-refractivity contribution in [2.45, 2.75) is 26.3 Å². The number of benzene rings is 2. The monoisotopic (exact) mass is 259 g/mol. The molecule has 0 spiro atoms. The molecule has 2 aromatic rings. The minimum Gasteiger partial charge on any atom is -0.378 e. The Morgan fingerprint density at radius 1 is 1.11 bits per heavy atom. The lowest BCUT2D eigenvalue weighted by molar-refractivity contribution is 0.884. The highest BCUT2D eigenvalue weighted by Crippen LogP contribution is 2.25. The van der Waals surface area contributed by atoms with Crippen molar-refractivity contribution < 1.29 is 0 Å². The van der Waals surface area contributed by atoms with Crippen LogP contribution in [-0.4, -0.2) is 0 Å². The Morgan fingerprint density at radius 2 is 1.89 bits per heavy atom. The quantitative estimate of drug-likeness (QED) is 0.808. The lowest BCUT2D eigenvalue weighted by Crippen LogP contribution is -2.07. The fraction of sp³-hybridized carbons (Fsp3) is 0.250. The molecular weight excluding hydrogens is 242 g/mol. The topological polar surface area (TPSA) is 12.0 Å². The summed E-state index contributed by atoms with van der Waals surface area (Å²) in [5.41, 5.74) is 3.61. The van der Waals surface area contributed by atoms with Crippen LogP contribution in [0.15, 0.2) is 48.5 Å². The van der Waals surface area contributed by atoms with Crippen molar-refractivity contribution in [2.75, 3.05) is 5.32 Å². The van der Waals surface area contributed by atoms with Crippen molar-refractivity contribution in [3.05, 3.63) is 64.7 Å². The highest BCUT2D eigenvalue weighted by atomic mass is 35.5. The fourth-order valence-electron chi connectivity index (χ4n) is 2.04. The van der Waals surface area contributed by atoms with E-state index in [0.717, 1.165) is 22.7 Å². The van der Waals surface area contributed by atoms with E-state index in [1.54, 1.807) is 0 Å². The maximum absolute atomic E-state index is 6.20. The third-order valence-corrected chi connectivity index (χ3v) is 3.43. The Bertz CT molecular complexity index is 522. The number of anilines is 1. The van der Waals surface area contributed by atoms with Crippen LogP contribution in [0.1, 0.15) is 31.0 Å². The van der Waals surface area contributed by atoms with Gasteiger partial charge in [-0.3, -0.25) is 0 Å². The van der Waals surface area contributed by atoms with E-state index in [1.165, 1.54) is 5.56 Å². The third kappa shape index (κ3) is 3.05. The van der Waals surface area contributed by atoms with Crippen LogP contribution >= 0.6 is 11.6 Å². The van der Waals surface area contributed by atoms with Gasteiger partial charge in [0.2, 0.25) is 0 Å². The molecule has 1 nitrogen and oxygen atoms in total. The van der Waals surface area contributed by atoms with Crippen LogP contribution in [-0.2, 0) is 6.42 Å². The summed E-state index contributed by atoms with van der Waals surface area (Å²) in [5, 5.41) is 4.30. The lowest BCUT2D eigenvalue weighted by Gasteiger charge is -2.17. The molecule has 2 rings (SSSR count). The summed E-state index contributed by atoms with van der Waals surface area (Å²) in [7, 11) is 0. The smallest absolute Gasteiger partial charge is 0.0500 e. The van der Waals surface area contributed by atoms with E-state index < -0.39 is 0 Å². The molecule has 94 valence electrons. The normalized spacial score (nSPS) is 12.2. The molecule has 0 aromatic heterocycles. The molecule has 2 heteroatoms. The van der Waals surface area contributed by atoms with Gasteiger partial charge >= 0.3 is 0 Å². The van der Waals surface area contributed by atoms with E-state index in [0.29, 0.717) is 0 Å². The maximum Gasteiger partial charge on any atom is 0.0500 e. The van der Waals surface area contributed by atoms with Gasteiger partial charge in [-0.1, -0.05) is 48.9 Å². The van der Waals surface area contributed by atoms with E-state index in [-0.39, 0.29) is 6.04 Å². The van der Waals surface area contributed by atoms with Gasteiger partial charge in [0.05, 0.1) is 0 Å². The first kappa shape index (κ1) is 13.0. The maximum atomic E-state index is 6.20. The standard InChI is InChI=1S/C16H18ClN/c1-3-13-7-6-8-14(11-13)18-12(2)15-9-4-5-10-16(15)17/h4-12,18H,3H2,1-2H3. The van der Waals surface area contributed by atoms with Gasteiger partial charge in [-0.15, -0.1) is 0 Å². The van der Waals surface area contributed by atoms with Crippen molar-refractivity contribution in [1.29, 1.82) is 0 Å². The first-order valence-corrected chi connectivity index (χ1v) is 6.68. The molecule has 0 heterocycles. The Morgan fingerprint density at radius 3 is 2.61 bits per heavy atom. The summed E-state index contributed by atoms with van der Waals surface area (Å²) in [6.45, 7) is 4.29. The van der Waals surface area contributed by atoms with Crippen LogP contribution < -0.4 is 5.32 Å². The molecule has 0 saturated carbocycles. The van der Waals surface area contributed by atoms with Gasteiger partial charge in [0.25, 0.3) is 0 Å². The summed E-state index contributed by atoms with van der Waals surface area (Å²) >= 11 is 6.20. The number of rotatable bonds is 4. The highest BCUT2D eigenvalue weighted by molar-refractivity contribution is 6.31. The molecule has 0 aliphatic rings. The van der Waals surface area contributed by atoms with Crippen molar-refractivity contribution in [3.63, 3.8) is 0 Å². The van der Waals surface area contributed by atoms with Gasteiger partial charge in [-0.2, -0.15) is 0 Å². The van der Waals surface area contributed by atoms with Crippen molar-refractivity contribution in [3.8, 4) is 0 Å². The Balaban J connectivity index is 2.16. The Hall–Kier alpha value is -1.47. The average molecular weight is 260 g/mol. The van der Waals surface area contributed by atoms with E-state index in [1.807, 2.05) is 18.2 Å². The SMILES string of the molecule is CCc1cccc(NC(C)c2ccccc2Cl)c1. The number of halogens is 1. The molecule has 0 aliphatic carbocycles. The molecule has 0 aliphatic heterocycles. The highest BCUT2D eigenvalue weighted by Gasteiger charge is 2.08. The molecule has 18 heavy (non-hydrogen) atoms. The van der Waals surface area contributed by atoms with Crippen LogP contribution in [0.3, 0.4) is 0 Å². The summed E-state index contributed by atoms with van der Waals surface area (Å²) in [6, 6.07) is 16.7. The van der Waals surface area contributed by atoms with Crippen LogP contribution in [0.5, 0.6) is 0 Å². The minimum absolute atomic E-state index is 0.200. The van der Waals surface area contributed by atoms with Gasteiger partial charge in [-0.25, -0.2) is 0 Å². The molecule has 0 fully saturated rings. The predicted octanol–water partition coefficient (Wildman–Crippen LogP) is 5.08. The fourth-order valence-corrected chi connectivity index (χ4v) is 2.33. The molecule has 0 radical (unpaired) electrons. The zero-order chi connectivity index (χ0) is 13.0. The lowest BCUT2D eigenvalue weighted by atomic mass is 10.1. The zero-order valence-corrected chi connectivity index (χ0v) is 11.5. The molecule has 2 aromatic carbocycles. The second-order valence-corrected chi connectivity index (χ2v) is 4.85. The van der Waals surface area contributed by atoms with E-state index in [9.17, 15) is 0 Å². The van der Waals surface area contributed by atoms with Crippen molar-refractivity contribution in [2.24, 2.45) is 0 Å². The Kier molecular flexibility index (Phi) is 4.27. The number of nitrogens with one attached hydrogen (secondary N) is 1. The van der Waals surface area contributed by atoms with E-state index >= 15 is 0 Å². The first-order chi connectivity index (χ1) is 8.70. The molecule has 1 atom stereocenters. The van der Waals surface area contributed by atoms with Crippen molar-refractivity contribution >= 4 is 17.3 Å². The largest absolute Gasteiger partial charge is 0.378 e. The number of hydrogen-bond acceptors (Lipinski definition) is 1. The van der Waals surface area contributed by atoms with Gasteiger partial charge in [0, 0.05) is 16.8 Å². The van der Waals surface area contributed by atoms with Crippen LogP contribution in [0.25, 0.3) is 0 Å². The van der Waals surface area contributed by atoms with Gasteiger partial charge in [-0.05, 0) is 42.7 Å². The number of aryl methyl sites for hydroxylation is 1. The summed E-state index contributed by atoms with van der Waals surface area (Å²) in [5.74, 6) is 0. The van der Waals surface area contributed by atoms with Gasteiger partial charge in [0.15, 0.2) is 0 Å². The van der Waals surface area contributed by atoms with Gasteiger partial charge in [0.1, 0.15) is 0 Å². The molecule has 1 unspecified atom stereocenters. The molecular formula is C16H18ClN. The van der Waals surface area contributed by atoms with E-state index in [2.05, 4.69) is 49.5 Å². The minimum atomic E-state index is 0.200. The summed E-state index contributed by atoms with van der Waals surface area (Å²) in [4.78, 5) is 0. The van der Waals surface area contributed by atoms with Crippen LogP contribution in [0.4, 0.5) is 5.69 Å². The van der Waals surface area contributed by atoms with Gasteiger partial charge < -0.3 is 5.32 Å². The summed E-state index contributed by atoms with van der Waals surface area (Å²) in [6.07, 6.45) is 1.05. The number of hydrogen-bond donors (Lipinski definition) is 1. The molecule has 0 amide bonds. The Labute approximate surface area is 114 Å². The summed E-state index contributed by atoms with van der Waals surface area (Å²) < 4.78 is 0. The molecule has 0 bridgehead atoms. The first-order valence-electron chi connectivity index (χ1n) is 6.30. The second-order valence-electron chi connectivity index (χ2n) is 4.44.